The van der Waals surface area contributed by atoms with Crippen molar-refractivity contribution in [3.63, 3.8) is 0 Å². The number of rotatable bonds is 4. The Morgan fingerprint density at radius 1 is 0.939 bits per heavy atom. The van der Waals surface area contributed by atoms with E-state index in [1.54, 1.807) is 42.5 Å². The van der Waals surface area contributed by atoms with Gasteiger partial charge >= 0.3 is 0 Å². The number of aliphatic hydroxyl groups is 1. The van der Waals surface area contributed by atoms with Crippen molar-refractivity contribution in [1.82, 2.24) is 0 Å². The fraction of sp³-hybridized carbons (Fsp3) is 0.0400. The first-order chi connectivity index (χ1) is 15.8. The molecule has 3 aromatic carbocycles. The van der Waals surface area contributed by atoms with Gasteiger partial charge in [-0.15, -0.1) is 0 Å². The molecule has 164 valence electrons. The van der Waals surface area contributed by atoms with Gasteiger partial charge in [-0.05, 0) is 54.1 Å². The quantitative estimate of drug-likeness (QED) is 0.320. The lowest BCUT2D eigenvalue weighted by atomic mass is 9.94. The van der Waals surface area contributed by atoms with Gasteiger partial charge in [0.25, 0.3) is 5.91 Å². The molecule has 1 aromatic heterocycles. The summed E-state index contributed by atoms with van der Waals surface area (Å²) in [6.45, 7) is 0. The van der Waals surface area contributed by atoms with Gasteiger partial charge in [0.1, 0.15) is 17.1 Å². The lowest BCUT2D eigenvalue weighted by Gasteiger charge is -2.27. The van der Waals surface area contributed by atoms with E-state index in [0.29, 0.717) is 16.5 Å². The molecular formula is C25H16BrNO6. The average Bonchev–Trinajstić information content (AvgIpc) is 3.32. The number of hydrogen-bond acceptors (Lipinski definition) is 6. The van der Waals surface area contributed by atoms with Crippen molar-refractivity contribution in [2.45, 2.75) is 6.04 Å². The van der Waals surface area contributed by atoms with E-state index in [-0.39, 0.29) is 28.5 Å². The number of aliphatic hydroxyl groups excluding tert-OH is 1. The van der Waals surface area contributed by atoms with Gasteiger partial charge in [-0.3, -0.25) is 14.5 Å². The molecule has 33 heavy (non-hydrogen) atoms. The largest absolute Gasteiger partial charge is 0.508 e. The minimum Gasteiger partial charge on any atom is -0.508 e. The van der Waals surface area contributed by atoms with Gasteiger partial charge in [-0.2, -0.15) is 0 Å². The maximum absolute atomic E-state index is 13.6. The fourth-order valence-electron chi connectivity index (χ4n) is 4.02. The highest BCUT2D eigenvalue weighted by Crippen LogP contribution is 2.45. The first-order valence-electron chi connectivity index (χ1n) is 9.92. The Morgan fingerprint density at radius 3 is 2.48 bits per heavy atom. The molecule has 3 N–H and O–H groups in total. The number of aromatic hydroxyl groups is 2. The zero-order valence-corrected chi connectivity index (χ0v) is 18.5. The van der Waals surface area contributed by atoms with Gasteiger partial charge < -0.3 is 19.7 Å². The summed E-state index contributed by atoms with van der Waals surface area (Å²) in [5, 5.41) is 31.9. The number of carbonyl (C=O) groups is 2. The van der Waals surface area contributed by atoms with E-state index in [9.17, 15) is 24.9 Å². The van der Waals surface area contributed by atoms with Crippen molar-refractivity contribution >= 4 is 44.3 Å². The summed E-state index contributed by atoms with van der Waals surface area (Å²) in [4.78, 5) is 27.8. The molecule has 7 nitrogen and oxygen atoms in total. The molecule has 0 aliphatic carbocycles. The molecule has 0 bridgehead atoms. The molecule has 0 fully saturated rings. The highest BCUT2D eigenvalue weighted by molar-refractivity contribution is 9.10. The predicted molar refractivity (Wildman–Crippen MR) is 124 cm³/mol. The maximum atomic E-state index is 13.6. The molecule has 8 heteroatoms. The smallest absolute Gasteiger partial charge is 0.294 e. The zero-order chi connectivity index (χ0) is 23.3. The van der Waals surface area contributed by atoms with Crippen molar-refractivity contribution in [2.24, 2.45) is 0 Å². The topological polar surface area (TPSA) is 111 Å². The molecule has 0 saturated carbocycles. The van der Waals surface area contributed by atoms with Crippen LogP contribution in [0.5, 0.6) is 11.5 Å². The van der Waals surface area contributed by atoms with Gasteiger partial charge in [0, 0.05) is 9.86 Å². The number of amides is 1. The number of furan rings is 1. The number of anilines is 1. The van der Waals surface area contributed by atoms with Gasteiger partial charge in [-0.1, -0.05) is 40.2 Å². The maximum Gasteiger partial charge on any atom is 0.294 e. The fourth-order valence-corrected chi connectivity index (χ4v) is 4.40. The molecule has 1 atom stereocenters. The molecule has 5 rings (SSSR count). The number of phenolic OH excluding ortho intramolecular Hbond substituents is 2. The van der Waals surface area contributed by atoms with Gasteiger partial charge in [0.15, 0.2) is 11.5 Å². The molecule has 0 spiro atoms. The number of Topliss-reactive ketones (excluding diaryl/α,β-unsaturated/α-hetero) is 1. The Balaban J connectivity index is 1.68. The minimum absolute atomic E-state index is 0.0539. The van der Waals surface area contributed by atoms with Gasteiger partial charge in [0.05, 0.1) is 17.3 Å². The van der Waals surface area contributed by atoms with E-state index in [0.717, 1.165) is 9.37 Å². The van der Waals surface area contributed by atoms with Crippen LogP contribution in [0.3, 0.4) is 0 Å². The lowest BCUT2D eigenvalue weighted by Crippen LogP contribution is -2.31. The summed E-state index contributed by atoms with van der Waals surface area (Å²) in [6.07, 6.45) is 0. The number of hydrogen-bond donors (Lipinski definition) is 3. The molecule has 1 amide bonds. The van der Waals surface area contributed by atoms with Crippen molar-refractivity contribution in [1.29, 1.82) is 0 Å². The van der Waals surface area contributed by atoms with Crippen LogP contribution < -0.4 is 4.90 Å². The molecule has 0 radical (unpaired) electrons. The Hall–Kier alpha value is -4.04. The van der Waals surface area contributed by atoms with Crippen LogP contribution in [0.4, 0.5) is 5.69 Å². The minimum atomic E-state index is -1.11. The van der Waals surface area contributed by atoms with Crippen molar-refractivity contribution in [3.05, 3.63) is 99.9 Å². The van der Waals surface area contributed by atoms with Crippen LogP contribution in [-0.2, 0) is 4.79 Å². The van der Waals surface area contributed by atoms with Crippen LogP contribution in [0.1, 0.15) is 22.2 Å². The standard InChI is InChI=1S/C25H16BrNO6/c26-15-8-9-19-14(10-15)12-20(33-19)23(30)21-22(13-4-3-5-16(28)11-13)27(25(32)24(21)31)17-6-1-2-7-18(17)29/h1-12,22,28-29,31H. The number of phenols is 2. The monoisotopic (exact) mass is 505 g/mol. The second-order valence-corrected chi connectivity index (χ2v) is 8.46. The van der Waals surface area contributed by atoms with Crippen LogP contribution >= 0.6 is 15.9 Å². The summed E-state index contributed by atoms with van der Waals surface area (Å²) in [5.74, 6) is -2.62. The Morgan fingerprint density at radius 2 is 1.73 bits per heavy atom. The normalized spacial score (nSPS) is 16.1. The molecular weight excluding hydrogens is 490 g/mol. The van der Waals surface area contributed by atoms with E-state index in [4.69, 9.17) is 4.42 Å². The zero-order valence-electron chi connectivity index (χ0n) is 16.9. The van der Waals surface area contributed by atoms with Crippen LogP contribution in [0.2, 0.25) is 0 Å². The van der Waals surface area contributed by atoms with E-state index >= 15 is 0 Å². The van der Waals surface area contributed by atoms with Crippen molar-refractivity contribution in [2.75, 3.05) is 4.90 Å². The van der Waals surface area contributed by atoms with E-state index in [1.165, 1.54) is 30.3 Å². The third kappa shape index (κ3) is 3.44. The van der Waals surface area contributed by atoms with Crippen molar-refractivity contribution in [3.8, 4) is 11.5 Å². The molecule has 0 saturated heterocycles. The highest BCUT2D eigenvalue weighted by atomic mass is 79.9. The number of benzene rings is 3. The van der Waals surface area contributed by atoms with Crippen LogP contribution in [0.15, 0.2) is 93.0 Å². The van der Waals surface area contributed by atoms with Crippen LogP contribution in [0, 0.1) is 0 Å². The SMILES string of the molecule is O=C(C1=C(O)C(=O)N(c2ccccc2O)C1c1cccc(O)c1)c1cc2cc(Br)ccc2o1. The van der Waals surface area contributed by atoms with E-state index in [1.807, 2.05) is 0 Å². The molecule has 4 aromatic rings. The molecule has 1 unspecified atom stereocenters. The lowest BCUT2D eigenvalue weighted by molar-refractivity contribution is -0.117. The Bertz CT molecular complexity index is 1470. The third-order valence-corrected chi connectivity index (χ3v) is 5.98. The first kappa shape index (κ1) is 20.8. The third-order valence-electron chi connectivity index (χ3n) is 5.48. The van der Waals surface area contributed by atoms with Crippen LogP contribution in [-0.4, -0.2) is 27.0 Å². The first-order valence-corrected chi connectivity index (χ1v) is 10.7. The molecule has 1 aliphatic heterocycles. The van der Waals surface area contributed by atoms with E-state index < -0.39 is 23.5 Å². The summed E-state index contributed by atoms with van der Waals surface area (Å²) >= 11 is 3.38. The number of halogens is 1. The number of para-hydroxylation sites is 2. The van der Waals surface area contributed by atoms with E-state index in [2.05, 4.69) is 15.9 Å². The number of nitrogens with zero attached hydrogens (tertiary/aromatic N) is 1. The van der Waals surface area contributed by atoms with Gasteiger partial charge in [-0.25, -0.2) is 0 Å². The second kappa shape index (κ2) is 7.83. The summed E-state index contributed by atoms with van der Waals surface area (Å²) in [5.41, 5.74) is 0.737. The average molecular weight is 506 g/mol. The predicted octanol–water partition coefficient (Wildman–Crippen LogP) is 5.39. The van der Waals surface area contributed by atoms with Crippen LogP contribution in [0.25, 0.3) is 11.0 Å². The Labute approximate surface area is 195 Å². The van der Waals surface area contributed by atoms with Crippen molar-refractivity contribution < 1.29 is 29.3 Å². The molecule has 2 heterocycles. The number of fused-ring (bicyclic) bond motifs is 1. The summed E-state index contributed by atoms with van der Waals surface area (Å²) in [6, 6.07) is 17.8. The second-order valence-electron chi connectivity index (χ2n) is 7.55. The highest BCUT2D eigenvalue weighted by Gasteiger charge is 2.46. The molecule has 1 aliphatic rings. The number of carbonyl (C=O) groups excluding carboxylic acids is 2. The number of ketones is 1. The summed E-state index contributed by atoms with van der Waals surface area (Å²) in [7, 11) is 0. The van der Waals surface area contributed by atoms with Gasteiger partial charge in [0.2, 0.25) is 5.78 Å². The Kier molecular flexibility index (Phi) is 4.94. The summed E-state index contributed by atoms with van der Waals surface area (Å²) < 4.78 is 6.51.